The van der Waals surface area contributed by atoms with E-state index in [0.717, 1.165) is 10.0 Å². The molecule has 1 aliphatic carbocycles. The van der Waals surface area contributed by atoms with Gasteiger partial charge in [0.05, 0.1) is 6.42 Å². The first kappa shape index (κ1) is 12.3. The van der Waals surface area contributed by atoms with Crippen LogP contribution in [0.2, 0.25) is 0 Å². The number of halogens is 1. The molecule has 0 amide bonds. The molecule has 3 nitrogen and oxygen atoms in total. The number of hydrogen-bond donors (Lipinski definition) is 1. The third-order valence-corrected chi connectivity index (χ3v) is 3.98. The topological polar surface area (TPSA) is 54.4 Å². The van der Waals surface area contributed by atoms with E-state index in [9.17, 15) is 9.59 Å². The minimum atomic E-state index is -0.910. The fraction of sp³-hybridized carbons (Fsp3) is 0.385. The van der Waals surface area contributed by atoms with E-state index in [1.165, 1.54) is 0 Å². The van der Waals surface area contributed by atoms with Crippen LogP contribution in [0.3, 0.4) is 0 Å². The Hall–Kier alpha value is -1.16. The van der Waals surface area contributed by atoms with E-state index in [2.05, 4.69) is 15.9 Å². The van der Waals surface area contributed by atoms with E-state index in [1.54, 1.807) is 6.07 Å². The van der Waals surface area contributed by atoms with Gasteiger partial charge in [-0.25, -0.2) is 0 Å². The quantitative estimate of drug-likeness (QED) is 0.933. The summed E-state index contributed by atoms with van der Waals surface area (Å²) in [6.45, 7) is 1.88. The number of hydrogen-bond acceptors (Lipinski definition) is 2. The van der Waals surface area contributed by atoms with Crippen molar-refractivity contribution in [2.75, 3.05) is 0 Å². The van der Waals surface area contributed by atoms with Gasteiger partial charge in [0.25, 0.3) is 0 Å². The molecule has 0 spiro atoms. The van der Waals surface area contributed by atoms with Gasteiger partial charge in [0, 0.05) is 15.5 Å². The zero-order chi connectivity index (χ0) is 12.6. The molecule has 17 heavy (non-hydrogen) atoms. The molecule has 1 N–H and O–H groups in total. The smallest absolute Gasteiger partial charge is 0.304 e. The molecule has 0 aromatic heterocycles. The predicted octanol–water partition coefficient (Wildman–Crippen LogP) is 3.06. The monoisotopic (exact) mass is 296 g/mol. The first-order valence-electron chi connectivity index (χ1n) is 5.53. The Kier molecular flexibility index (Phi) is 3.08. The predicted molar refractivity (Wildman–Crippen MR) is 67.2 cm³/mol. The van der Waals surface area contributed by atoms with Gasteiger partial charge in [-0.2, -0.15) is 0 Å². The number of ketones is 1. The Balaban J connectivity index is 2.43. The van der Waals surface area contributed by atoms with Gasteiger partial charge in [-0.3, -0.25) is 9.59 Å². The van der Waals surface area contributed by atoms with Crippen molar-refractivity contribution in [2.24, 2.45) is 5.41 Å². The van der Waals surface area contributed by atoms with Crippen LogP contribution < -0.4 is 0 Å². The second-order valence-electron chi connectivity index (χ2n) is 4.51. The van der Waals surface area contributed by atoms with E-state index in [4.69, 9.17) is 5.11 Å². The van der Waals surface area contributed by atoms with Crippen LogP contribution in [-0.2, 0) is 11.2 Å². The Labute approximate surface area is 108 Å². The lowest BCUT2D eigenvalue weighted by molar-refractivity contribution is -0.139. The van der Waals surface area contributed by atoms with E-state index >= 15 is 0 Å². The van der Waals surface area contributed by atoms with Crippen LogP contribution in [0.1, 0.15) is 35.7 Å². The van der Waals surface area contributed by atoms with Gasteiger partial charge in [-0.1, -0.05) is 22.9 Å². The highest BCUT2D eigenvalue weighted by atomic mass is 79.9. The minimum absolute atomic E-state index is 0.0232. The lowest BCUT2D eigenvalue weighted by Gasteiger charge is -2.23. The van der Waals surface area contributed by atoms with E-state index in [0.29, 0.717) is 18.4 Å². The molecule has 1 atom stereocenters. The summed E-state index contributed by atoms with van der Waals surface area (Å²) in [4.78, 5) is 23.2. The standard InChI is InChI=1S/C13H13BrO3/c1-2-13(7-11(15)16)6-8-5-9(14)3-4-10(8)12(13)17/h3-5H,2,6-7H2,1H3,(H,15,16). The van der Waals surface area contributed by atoms with Gasteiger partial charge in [0.15, 0.2) is 5.78 Å². The number of carbonyl (C=O) groups excluding carboxylic acids is 1. The summed E-state index contributed by atoms with van der Waals surface area (Å²) < 4.78 is 0.922. The van der Waals surface area contributed by atoms with Crippen LogP contribution >= 0.6 is 15.9 Å². The van der Waals surface area contributed by atoms with E-state index in [1.807, 2.05) is 19.1 Å². The Bertz CT molecular complexity index is 495. The number of fused-ring (bicyclic) bond motifs is 1. The molecule has 1 aliphatic rings. The van der Waals surface area contributed by atoms with Crippen LogP contribution in [0.5, 0.6) is 0 Å². The van der Waals surface area contributed by atoms with Crippen molar-refractivity contribution >= 4 is 27.7 Å². The summed E-state index contributed by atoms with van der Waals surface area (Å²) in [7, 11) is 0. The number of carboxylic acid groups (broad SMARTS) is 1. The van der Waals surface area contributed by atoms with Gasteiger partial charge in [0.1, 0.15) is 0 Å². The maximum Gasteiger partial charge on any atom is 0.304 e. The van der Waals surface area contributed by atoms with Crippen LogP contribution in [0.25, 0.3) is 0 Å². The first-order chi connectivity index (χ1) is 7.98. The molecule has 0 radical (unpaired) electrons. The highest BCUT2D eigenvalue weighted by Crippen LogP contribution is 2.42. The Morgan fingerprint density at radius 2 is 2.24 bits per heavy atom. The maximum atomic E-state index is 12.3. The van der Waals surface area contributed by atoms with Crippen molar-refractivity contribution in [3.63, 3.8) is 0 Å². The van der Waals surface area contributed by atoms with Crippen LogP contribution in [0.15, 0.2) is 22.7 Å². The number of Topliss-reactive ketones (excluding diaryl/α,β-unsaturated/α-hetero) is 1. The van der Waals surface area contributed by atoms with Crippen molar-refractivity contribution in [1.29, 1.82) is 0 Å². The van der Waals surface area contributed by atoms with Crippen molar-refractivity contribution < 1.29 is 14.7 Å². The molecule has 0 fully saturated rings. The van der Waals surface area contributed by atoms with Gasteiger partial charge in [0.2, 0.25) is 0 Å². The summed E-state index contributed by atoms with van der Waals surface area (Å²) in [5.74, 6) is -0.933. The summed E-state index contributed by atoms with van der Waals surface area (Å²) in [6, 6.07) is 5.51. The van der Waals surface area contributed by atoms with Crippen molar-refractivity contribution in [1.82, 2.24) is 0 Å². The molecule has 0 heterocycles. The molecular formula is C13H13BrO3. The summed E-state index contributed by atoms with van der Waals surface area (Å²) in [6.07, 6.45) is 1.00. The lowest BCUT2D eigenvalue weighted by atomic mass is 9.78. The number of carbonyl (C=O) groups is 2. The molecular weight excluding hydrogens is 284 g/mol. The Morgan fingerprint density at radius 1 is 1.53 bits per heavy atom. The largest absolute Gasteiger partial charge is 0.481 e. The summed E-state index contributed by atoms with van der Waals surface area (Å²) in [5.41, 5.74) is 0.887. The number of aliphatic carboxylic acids is 1. The summed E-state index contributed by atoms with van der Waals surface area (Å²) >= 11 is 3.37. The molecule has 0 saturated heterocycles. The van der Waals surface area contributed by atoms with Crippen LogP contribution in [0, 0.1) is 5.41 Å². The molecule has 0 aliphatic heterocycles. The summed E-state index contributed by atoms with van der Waals surface area (Å²) in [5, 5.41) is 8.96. The van der Waals surface area contributed by atoms with E-state index < -0.39 is 11.4 Å². The minimum Gasteiger partial charge on any atom is -0.481 e. The third kappa shape index (κ3) is 2.02. The van der Waals surface area contributed by atoms with Crippen molar-refractivity contribution in [3.05, 3.63) is 33.8 Å². The van der Waals surface area contributed by atoms with E-state index in [-0.39, 0.29) is 12.2 Å². The van der Waals surface area contributed by atoms with Gasteiger partial charge < -0.3 is 5.11 Å². The molecule has 2 rings (SSSR count). The first-order valence-corrected chi connectivity index (χ1v) is 6.33. The second-order valence-corrected chi connectivity index (χ2v) is 5.43. The van der Waals surface area contributed by atoms with Crippen LogP contribution in [0.4, 0.5) is 0 Å². The fourth-order valence-electron chi connectivity index (χ4n) is 2.50. The molecule has 1 aromatic rings. The Morgan fingerprint density at radius 3 is 2.82 bits per heavy atom. The molecule has 0 bridgehead atoms. The SMILES string of the molecule is CCC1(CC(=O)O)Cc2cc(Br)ccc2C1=O. The normalized spacial score (nSPS) is 22.6. The third-order valence-electron chi connectivity index (χ3n) is 3.49. The highest BCUT2D eigenvalue weighted by Gasteiger charge is 2.45. The van der Waals surface area contributed by atoms with Crippen molar-refractivity contribution in [3.8, 4) is 0 Å². The number of rotatable bonds is 3. The average Bonchev–Trinajstić information content (AvgIpc) is 2.51. The highest BCUT2D eigenvalue weighted by molar-refractivity contribution is 9.10. The van der Waals surface area contributed by atoms with Gasteiger partial charge in [-0.15, -0.1) is 0 Å². The molecule has 90 valence electrons. The average molecular weight is 297 g/mol. The zero-order valence-corrected chi connectivity index (χ0v) is 11.1. The lowest BCUT2D eigenvalue weighted by Crippen LogP contribution is -2.30. The molecule has 0 saturated carbocycles. The zero-order valence-electron chi connectivity index (χ0n) is 9.50. The maximum absolute atomic E-state index is 12.3. The second kappa shape index (κ2) is 4.26. The van der Waals surface area contributed by atoms with Gasteiger partial charge in [-0.05, 0) is 36.6 Å². The van der Waals surface area contributed by atoms with Crippen LogP contribution in [-0.4, -0.2) is 16.9 Å². The van der Waals surface area contributed by atoms with Crippen molar-refractivity contribution in [2.45, 2.75) is 26.2 Å². The number of benzene rings is 1. The fourth-order valence-corrected chi connectivity index (χ4v) is 2.91. The molecule has 1 unspecified atom stereocenters. The number of carboxylic acids is 1. The molecule has 4 heteroatoms. The van der Waals surface area contributed by atoms with Gasteiger partial charge >= 0.3 is 5.97 Å². The molecule has 1 aromatic carbocycles.